The Bertz CT molecular complexity index is 349. The van der Waals surface area contributed by atoms with Crippen LogP contribution < -0.4 is 5.32 Å². The van der Waals surface area contributed by atoms with Gasteiger partial charge in [0.05, 0.1) is 19.0 Å². The Balaban J connectivity index is 3.30. The summed E-state index contributed by atoms with van der Waals surface area (Å²) >= 11 is 1.51. The van der Waals surface area contributed by atoms with Gasteiger partial charge in [-0.05, 0) is 19.1 Å². The van der Waals surface area contributed by atoms with Crippen LogP contribution in [-0.2, 0) is 23.9 Å². The molecule has 0 bridgehead atoms. The minimum Gasteiger partial charge on any atom is -0.379 e. The minimum absolute atomic E-state index is 0.00353. The normalized spacial score (nSPS) is 10.5. The zero-order valence-corrected chi connectivity index (χ0v) is 15.0. The molecule has 7 heteroatoms. The van der Waals surface area contributed by atoms with Gasteiger partial charge < -0.3 is 14.8 Å². The van der Waals surface area contributed by atoms with Gasteiger partial charge in [0.1, 0.15) is 18.2 Å². The number of ketones is 2. The first-order chi connectivity index (χ1) is 11.1. The standard InChI is InChI=1S/C16H29NO5S/c1-3-14(18)7-5-9-21-10-11-22-12-16(20)17-8-4-6-15(19)13-23-2/h3-13H2,1-2H3,(H,17,20). The summed E-state index contributed by atoms with van der Waals surface area (Å²) in [6.45, 7) is 3.63. The van der Waals surface area contributed by atoms with Gasteiger partial charge >= 0.3 is 0 Å². The van der Waals surface area contributed by atoms with Crippen LogP contribution in [0.2, 0.25) is 0 Å². The molecule has 0 fully saturated rings. The van der Waals surface area contributed by atoms with Gasteiger partial charge in [-0.2, -0.15) is 11.8 Å². The Morgan fingerprint density at radius 1 is 0.957 bits per heavy atom. The first-order valence-corrected chi connectivity index (χ1v) is 9.44. The molecule has 0 unspecified atom stereocenters. The molecule has 0 aliphatic rings. The van der Waals surface area contributed by atoms with E-state index in [1.165, 1.54) is 11.8 Å². The molecule has 1 amide bonds. The number of carbonyl (C=O) groups excluding carboxylic acids is 3. The van der Waals surface area contributed by atoms with Crippen LogP contribution in [0.25, 0.3) is 0 Å². The number of thioether (sulfide) groups is 1. The van der Waals surface area contributed by atoms with Crippen molar-refractivity contribution in [3.05, 3.63) is 0 Å². The third-order valence-corrected chi connectivity index (χ3v) is 3.61. The van der Waals surface area contributed by atoms with Crippen molar-refractivity contribution in [1.82, 2.24) is 5.32 Å². The van der Waals surface area contributed by atoms with Crippen LogP contribution in [0.3, 0.4) is 0 Å². The zero-order chi connectivity index (χ0) is 17.3. The molecule has 0 radical (unpaired) electrons. The molecule has 0 heterocycles. The Morgan fingerprint density at radius 2 is 1.65 bits per heavy atom. The minimum atomic E-state index is -0.184. The highest BCUT2D eigenvalue weighted by Crippen LogP contribution is 1.98. The third-order valence-electron chi connectivity index (χ3n) is 3.00. The van der Waals surface area contributed by atoms with Crippen molar-refractivity contribution in [2.45, 2.75) is 39.0 Å². The molecule has 6 nitrogen and oxygen atoms in total. The highest BCUT2D eigenvalue weighted by molar-refractivity contribution is 7.99. The topological polar surface area (TPSA) is 81.7 Å². The van der Waals surface area contributed by atoms with Gasteiger partial charge in [-0.25, -0.2) is 0 Å². The van der Waals surface area contributed by atoms with E-state index in [4.69, 9.17) is 9.47 Å². The lowest BCUT2D eigenvalue weighted by Gasteiger charge is -2.07. The van der Waals surface area contributed by atoms with E-state index in [-0.39, 0.29) is 24.1 Å². The van der Waals surface area contributed by atoms with Crippen molar-refractivity contribution in [2.75, 3.05) is 45.0 Å². The highest BCUT2D eigenvalue weighted by Gasteiger charge is 2.03. The predicted octanol–water partition coefficient (Wildman–Crippen LogP) is 1.61. The van der Waals surface area contributed by atoms with Crippen LogP contribution in [0.1, 0.15) is 39.0 Å². The monoisotopic (exact) mass is 347 g/mol. The lowest BCUT2D eigenvalue weighted by molar-refractivity contribution is -0.126. The fraction of sp³-hybridized carbons (Fsp3) is 0.812. The molecule has 134 valence electrons. The lowest BCUT2D eigenvalue weighted by Crippen LogP contribution is -2.29. The van der Waals surface area contributed by atoms with Crippen LogP contribution in [0, 0.1) is 0 Å². The molecule has 0 aromatic carbocycles. The van der Waals surface area contributed by atoms with Crippen molar-refractivity contribution in [3.63, 3.8) is 0 Å². The van der Waals surface area contributed by atoms with E-state index in [1.807, 2.05) is 13.2 Å². The second kappa shape index (κ2) is 16.0. The lowest BCUT2D eigenvalue weighted by atomic mass is 10.2. The van der Waals surface area contributed by atoms with Crippen molar-refractivity contribution >= 4 is 29.2 Å². The van der Waals surface area contributed by atoms with Crippen LogP contribution in [0.4, 0.5) is 0 Å². The van der Waals surface area contributed by atoms with Gasteiger partial charge in [0.15, 0.2) is 0 Å². The van der Waals surface area contributed by atoms with E-state index in [2.05, 4.69) is 5.32 Å². The molecule has 1 N–H and O–H groups in total. The number of amides is 1. The van der Waals surface area contributed by atoms with Gasteiger partial charge in [-0.3, -0.25) is 14.4 Å². The van der Waals surface area contributed by atoms with E-state index in [0.717, 1.165) is 6.42 Å². The first kappa shape index (κ1) is 22.1. The van der Waals surface area contributed by atoms with Crippen molar-refractivity contribution < 1.29 is 23.9 Å². The van der Waals surface area contributed by atoms with Crippen LogP contribution in [-0.4, -0.2) is 62.5 Å². The summed E-state index contributed by atoms with van der Waals surface area (Å²) in [5, 5.41) is 2.71. The number of ether oxygens (including phenoxy) is 2. The van der Waals surface area contributed by atoms with E-state index in [9.17, 15) is 14.4 Å². The maximum absolute atomic E-state index is 11.5. The number of carbonyl (C=O) groups is 3. The number of hydrogen-bond donors (Lipinski definition) is 1. The van der Waals surface area contributed by atoms with Crippen LogP contribution >= 0.6 is 11.8 Å². The molecule has 0 aliphatic heterocycles. The van der Waals surface area contributed by atoms with Gasteiger partial charge in [0.25, 0.3) is 0 Å². The number of nitrogens with one attached hydrogen (secondary N) is 1. The summed E-state index contributed by atoms with van der Waals surface area (Å²) in [5.74, 6) is 0.803. The molecule has 0 saturated carbocycles. The summed E-state index contributed by atoms with van der Waals surface area (Å²) in [4.78, 5) is 33.8. The smallest absolute Gasteiger partial charge is 0.245 e. The Hall–Kier alpha value is -0.920. The van der Waals surface area contributed by atoms with E-state index in [1.54, 1.807) is 0 Å². The second-order valence-corrected chi connectivity index (χ2v) is 5.95. The molecular weight excluding hydrogens is 318 g/mol. The Morgan fingerprint density at radius 3 is 2.35 bits per heavy atom. The SMILES string of the molecule is CCC(=O)CCCOCCOCC(=O)NCCCC(=O)CSC. The molecule has 0 aromatic rings. The van der Waals surface area contributed by atoms with E-state index >= 15 is 0 Å². The number of rotatable bonds is 16. The Labute approximate surface area is 143 Å². The molecule has 0 saturated heterocycles. The molecular formula is C16H29NO5S. The molecule has 0 atom stereocenters. The maximum atomic E-state index is 11.5. The fourth-order valence-corrected chi connectivity index (χ4v) is 2.20. The van der Waals surface area contributed by atoms with Crippen molar-refractivity contribution in [3.8, 4) is 0 Å². The molecule has 0 spiro atoms. The molecule has 0 aliphatic carbocycles. The highest BCUT2D eigenvalue weighted by atomic mass is 32.2. The van der Waals surface area contributed by atoms with Gasteiger partial charge in [0.2, 0.25) is 5.91 Å². The summed E-state index contributed by atoms with van der Waals surface area (Å²) < 4.78 is 10.5. The first-order valence-electron chi connectivity index (χ1n) is 8.04. The number of Topliss-reactive ketones (excluding diaryl/α,β-unsaturated/α-hetero) is 2. The predicted molar refractivity (Wildman–Crippen MR) is 91.8 cm³/mol. The van der Waals surface area contributed by atoms with Gasteiger partial charge in [-0.15, -0.1) is 0 Å². The zero-order valence-electron chi connectivity index (χ0n) is 14.2. The largest absolute Gasteiger partial charge is 0.379 e. The van der Waals surface area contributed by atoms with Gasteiger partial charge in [0, 0.05) is 32.4 Å². The summed E-state index contributed by atoms with van der Waals surface area (Å²) in [6.07, 6.45) is 4.90. The third kappa shape index (κ3) is 15.7. The van der Waals surface area contributed by atoms with E-state index < -0.39 is 0 Å². The van der Waals surface area contributed by atoms with Crippen LogP contribution in [0.5, 0.6) is 0 Å². The quantitative estimate of drug-likeness (QED) is 0.427. The summed E-state index contributed by atoms with van der Waals surface area (Å²) in [7, 11) is 0. The maximum Gasteiger partial charge on any atom is 0.245 e. The average molecular weight is 347 g/mol. The van der Waals surface area contributed by atoms with Crippen molar-refractivity contribution in [1.29, 1.82) is 0 Å². The molecule has 0 rings (SSSR count). The number of hydrogen-bond acceptors (Lipinski definition) is 6. The summed E-state index contributed by atoms with van der Waals surface area (Å²) in [6, 6.07) is 0. The Kier molecular flexibility index (Phi) is 15.3. The molecule has 23 heavy (non-hydrogen) atoms. The van der Waals surface area contributed by atoms with Crippen molar-refractivity contribution in [2.24, 2.45) is 0 Å². The van der Waals surface area contributed by atoms with Gasteiger partial charge in [-0.1, -0.05) is 6.92 Å². The second-order valence-electron chi connectivity index (χ2n) is 5.09. The van der Waals surface area contributed by atoms with Crippen LogP contribution in [0.15, 0.2) is 0 Å². The average Bonchev–Trinajstić information content (AvgIpc) is 2.54. The summed E-state index contributed by atoms with van der Waals surface area (Å²) in [5.41, 5.74) is 0. The van der Waals surface area contributed by atoms with E-state index in [0.29, 0.717) is 57.8 Å². The fourth-order valence-electron chi connectivity index (χ4n) is 1.73. The molecule has 0 aromatic heterocycles.